The maximum atomic E-state index is 13.0. The van der Waals surface area contributed by atoms with Gasteiger partial charge in [-0.1, -0.05) is 41.0 Å². The number of benzene rings is 2. The number of rotatable bonds is 4. The van der Waals surface area contributed by atoms with E-state index in [2.05, 4.69) is 10.3 Å². The number of anilines is 1. The van der Waals surface area contributed by atoms with Gasteiger partial charge < -0.3 is 10.3 Å². The van der Waals surface area contributed by atoms with Crippen molar-refractivity contribution in [2.24, 2.45) is 0 Å². The smallest absolute Gasteiger partial charge is 0.262 e. The molecule has 9 heteroatoms. The molecule has 0 radical (unpaired) electrons. The molecule has 0 spiro atoms. The van der Waals surface area contributed by atoms with Crippen molar-refractivity contribution in [3.63, 3.8) is 0 Å². The van der Waals surface area contributed by atoms with E-state index < -0.39 is 9.84 Å². The number of hydrogen-bond donors (Lipinski definition) is 2. The second-order valence-electron chi connectivity index (χ2n) is 6.33. The van der Waals surface area contributed by atoms with Crippen LogP contribution in [0.5, 0.6) is 0 Å². The van der Waals surface area contributed by atoms with Gasteiger partial charge in [-0.2, -0.15) is 0 Å². The Kier molecular flexibility index (Phi) is 5.48. The highest BCUT2D eigenvalue weighted by molar-refractivity contribution is 8.04. The van der Waals surface area contributed by atoms with Crippen LogP contribution in [0, 0.1) is 0 Å². The zero-order valence-corrected chi connectivity index (χ0v) is 17.9. The molecule has 5 nitrogen and oxygen atoms in total. The van der Waals surface area contributed by atoms with Crippen molar-refractivity contribution in [3.05, 3.63) is 80.9 Å². The summed E-state index contributed by atoms with van der Waals surface area (Å²) in [4.78, 5) is 16.5. The average Bonchev–Trinajstić information content (AvgIpc) is 3.18. The first-order valence-corrected chi connectivity index (χ1v) is 11.7. The van der Waals surface area contributed by atoms with Crippen LogP contribution in [0.4, 0.5) is 5.69 Å². The number of halogens is 2. The van der Waals surface area contributed by atoms with Crippen molar-refractivity contribution in [1.29, 1.82) is 0 Å². The van der Waals surface area contributed by atoms with Gasteiger partial charge >= 0.3 is 0 Å². The number of nitrogens with one attached hydrogen (secondary N) is 2. The average molecular weight is 465 g/mol. The molecule has 2 N–H and O–H groups in total. The van der Waals surface area contributed by atoms with Gasteiger partial charge in [-0.25, -0.2) is 8.42 Å². The molecule has 1 aliphatic heterocycles. The molecule has 0 aliphatic carbocycles. The molecule has 1 aromatic heterocycles. The fourth-order valence-corrected chi connectivity index (χ4v) is 6.03. The van der Waals surface area contributed by atoms with Gasteiger partial charge in [0.2, 0.25) is 0 Å². The molecule has 0 unspecified atom stereocenters. The van der Waals surface area contributed by atoms with Gasteiger partial charge in [0, 0.05) is 32.9 Å². The van der Waals surface area contributed by atoms with E-state index in [4.69, 9.17) is 23.2 Å². The van der Waals surface area contributed by atoms with Crippen LogP contribution in [0.1, 0.15) is 11.1 Å². The number of aromatic nitrogens is 1. The lowest BCUT2D eigenvalue weighted by Gasteiger charge is -2.19. The summed E-state index contributed by atoms with van der Waals surface area (Å²) >= 11 is 13.5. The molecule has 148 valence electrons. The van der Waals surface area contributed by atoms with Gasteiger partial charge in [-0.15, -0.1) is 0 Å². The number of aromatic amines is 1. The van der Waals surface area contributed by atoms with E-state index in [-0.39, 0.29) is 16.6 Å². The summed E-state index contributed by atoms with van der Waals surface area (Å²) in [7, 11) is -3.69. The van der Waals surface area contributed by atoms with Gasteiger partial charge in [-0.05, 0) is 48.0 Å². The van der Waals surface area contributed by atoms with E-state index in [0.29, 0.717) is 31.1 Å². The first kappa shape index (κ1) is 20.1. The second kappa shape index (κ2) is 7.91. The first-order chi connectivity index (χ1) is 13.8. The number of carbonyl (C=O) groups is 1. The van der Waals surface area contributed by atoms with Gasteiger partial charge in [0.1, 0.15) is 0 Å². The lowest BCUT2D eigenvalue weighted by atomic mass is 10.2. The largest absolute Gasteiger partial charge is 0.367 e. The molecule has 0 atom stereocenters. The summed E-state index contributed by atoms with van der Waals surface area (Å²) in [6.45, 7) is 0. The van der Waals surface area contributed by atoms with E-state index in [1.165, 1.54) is 17.8 Å². The van der Waals surface area contributed by atoms with Crippen molar-refractivity contribution < 1.29 is 13.2 Å². The van der Waals surface area contributed by atoms with Crippen molar-refractivity contribution >= 4 is 62.5 Å². The van der Waals surface area contributed by atoms with Crippen LogP contribution in [-0.2, 0) is 20.4 Å². The molecule has 0 bridgehead atoms. The van der Waals surface area contributed by atoms with Crippen LogP contribution in [0.15, 0.2) is 69.6 Å². The maximum absolute atomic E-state index is 13.0. The topological polar surface area (TPSA) is 79.0 Å². The van der Waals surface area contributed by atoms with Crippen LogP contribution in [0.3, 0.4) is 0 Å². The lowest BCUT2D eigenvalue weighted by Crippen LogP contribution is -2.17. The monoisotopic (exact) mass is 464 g/mol. The highest BCUT2D eigenvalue weighted by Gasteiger charge is 2.25. The lowest BCUT2D eigenvalue weighted by molar-refractivity contribution is -0.112. The summed E-state index contributed by atoms with van der Waals surface area (Å²) in [5.41, 5.74) is 1.78. The van der Waals surface area contributed by atoms with Crippen molar-refractivity contribution in [2.45, 2.75) is 15.5 Å². The standard InChI is InChI=1S/C20H14Cl2N2O3S2/c21-15-2-1-3-16(22)14(15)11-29(26,27)13-4-5-17-18(9-13)28-19(20(25)24-17)8-12-6-7-23-10-12/h1-10,23H,11H2,(H,24,25)/b19-8-. The third kappa shape index (κ3) is 4.23. The Hall–Kier alpha value is -2.19. The van der Waals surface area contributed by atoms with Crippen LogP contribution in [0.2, 0.25) is 10.0 Å². The fraction of sp³-hybridized carbons (Fsp3) is 0.0500. The Morgan fingerprint density at radius 2 is 1.83 bits per heavy atom. The van der Waals surface area contributed by atoms with E-state index >= 15 is 0 Å². The van der Waals surface area contributed by atoms with Crippen molar-refractivity contribution in [3.8, 4) is 0 Å². The minimum absolute atomic E-state index is 0.136. The minimum Gasteiger partial charge on any atom is -0.367 e. The number of thioether (sulfide) groups is 1. The summed E-state index contributed by atoms with van der Waals surface area (Å²) in [5, 5.41) is 3.40. The number of sulfone groups is 1. The maximum Gasteiger partial charge on any atom is 0.262 e. The highest BCUT2D eigenvalue weighted by Crippen LogP contribution is 2.40. The molecule has 1 amide bonds. The molecular weight excluding hydrogens is 451 g/mol. The van der Waals surface area contributed by atoms with Gasteiger partial charge in [0.15, 0.2) is 9.84 Å². The first-order valence-electron chi connectivity index (χ1n) is 8.47. The Bertz CT molecular complexity index is 1220. The molecule has 2 heterocycles. The summed E-state index contributed by atoms with van der Waals surface area (Å²) in [6, 6.07) is 11.3. The van der Waals surface area contributed by atoms with Crippen LogP contribution in [-0.4, -0.2) is 19.3 Å². The number of carbonyl (C=O) groups excluding carboxylic acids is 1. The van der Waals surface area contributed by atoms with E-state index in [9.17, 15) is 13.2 Å². The third-order valence-electron chi connectivity index (χ3n) is 4.32. The number of hydrogen-bond acceptors (Lipinski definition) is 4. The SMILES string of the molecule is O=C1Nc2ccc(S(=O)(=O)Cc3c(Cl)cccc3Cl)cc2S/C1=C\c1cc[nH]c1. The highest BCUT2D eigenvalue weighted by atomic mass is 35.5. The Balaban J connectivity index is 1.67. The van der Waals surface area contributed by atoms with E-state index in [1.54, 1.807) is 48.8 Å². The zero-order chi connectivity index (χ0) is 20.6. The minimum atomic E-state index is -3.69. The van der Waals surface area contributed by atoms with Crippen LogP contribution in [0.25, 0.3) is 6.08 Å². The second-order valence-corrected chi connectivity index (χ2v) is 10.2. The molecule has 29 heavy (non-hydrogen) atoms. The number of H-pyrrole nitrogens is 1. The van der Waals surface area contributed by atoms with Gasteiger partial charge in [0.05, 0.1) is 21.2 Å². The molecule has 1 aliphatic rings. The van der Waals surface area contributed by atoms with Crippen LogP contribution >= 0.6 is 35.0 Å². The van der Waals surface area contributed by atoms with Gasteiger partial charge in [0.25, 0.3) is 5.91 Å². The quantitative estimate of drug-likeness (QED) is 0.507. The zero-order valence-electron chi connectivity index (χ0n) is 14.8. The predicted molar refractivity (Wildman–Crippen MR) is 117 cm³/mol. The molecule has 0 fully saturated rings. The normalized spacial score (nSPS) is 15.2. The molecule has 3 aromatic rings. The molecule has 0 saturated heterocycles. The van der Waals surface area contributed by atoms with Crippen LogP contribution < -0.4 is 5.32 Å². The molecule has 4 rings (SSSR count). The predicted octanol–water partition coefficient (Wildman–Crippen LogP) is 5.38. The number of amides is 1. The Morgan fingerprint density at radius 3 is 2.52 bits per heavy atom. The molecular formula is C20H14Cl2N2O3S2. The summed E-state index contributed by atoms with van der Waals surface area (Å²) in [5.74, 6) is -0.546. The third-order valence-corrected chi connectivity index (χ3v) is 7.75. The summed E-state index contributed by atoms with van der Waals surface area (Å²) in [6.07, 6.45) is 5.27. The van der Waals surface area contributed by atoms with E-state index in [0.717, 1.165) is 5.56 Å². The number of fused-ring (bicyclic) bond motifs is 1. The molecule has 0 saturated carbocycles. The fourth-order valence-electron chi connectivity index (χ4n) is 2.85. The Labute approximate surface area is 182 Å². The van der Waals surface area contributed by atoms with E-state index in [1.807, 2.05) is 6.07 Å². The Morgan fingerprint density at radius 1 is 1.07 bits per heavy atom. The van der Waals surface area contributed by atoms with Crippen molar-refractivity contribution in [1.82, 2.24) is 4.98 Å². The van der Waals surface area contributed by atoms with Crippen molar-refractivity contribution in [2.75, 3.05) is 5.32 Å². The van der Waals surface area contributed by atoms with Gasteiger partial charge in [-0.3, -0.25) is 4.79 Å². The summed E-state index contributed by atoms with van der Waals surface area (Å²) < 4.78 is 25.9. The molecule has 2 aromatic carbocycles.